The number of carbonyl (C=O) groups is 2. The topological polar surface area (TPSA) is 84.2 Å². The Hall–Kier alpha value is -2.60. The summed E-state index contributed by atoms with van der Waals surface area (Å²) in [5, 5.41) is 5.54. The van der Waals surface area contributed by atoms with Gasteiger partial charge in [-0.05, 0) is 66.6 Å². The lowest BCUT2D eigenvalue weighted by Gasteiger charge is -2.26. The van der Waals surface area contributed by atoms with Crippen LogP contribution in [0.2, 0.25) is 0 Å². The number of aryl methyl sites for hydroxylation is 1. The number of nitrogens with one attached hydrogen (secondary N) is 2. The molecule has 1 aliphatic rings. The molecule has 2 aromatic rings. The third kappa shape index (κ3) is 5.70. The number of anilines is 2. The summed E-state index contributed by atoms with van der Waals surface area (Å²) >= 11 is 0. The van der Waals surface area contributed by atoms with Crippen molar-refractivity contribution >= 4 is 35.6 Å². The molecule has 0 fully saturated rings. The van der Waals surface area contributed by atoms with Crippen molar-refractivity contribution in [3.05, 3.63) is 58.9 Å². The molecule has 3 rings (SSSR count). The van der Waals surface area contributed by atoms with E-state index in [4.69, 9.17) is 5.73 Å². The van der Waals surface area contributed by atoms with E-state index in [2.05, 4.69) is 10.6 Å². The summed E-state index contributed by atoms with van der Waals surface area (Å²) in [6.07, 6.45) is 3.03. The normalized spacial score (nSPS) is 15.2. The highest BCUT2D eigenvalue weighted by Gasteiger charge is 2.23. The molecule has 0 bridgehead atoms. The van der Waals surface area contributed by atoms with Crippen LogP contribution >= 0.6 is 12.4 Å². The Morgan fingerprint density at radius 1 is 1.21 bits per heavy atom. The standard InChI is InChI=1S/C22H26FN3O2.ClH/c1-13(2)10-21(27)25-20-9-6-15(12-18(20)23)22(28)26-19-5-3-4-14-11-16(24)7-8-17(14)19;/h6-9,11-13,19H,3-5,10,24H2,1-2H3,(H,25,27)(H,26,28);1H. The maximum absolute atomic E-state index is 14.4. The van der Waals surface area contributed by atoms with Crippen LogP contribution in [0.1, 0.15) is 60.6 Å². The number of amides is 2. The molecule has 0 saturated carbocycles. The zero-order chi connectivity index (χ0) is 20.3. The minimum absolute atomic E-state index is 0. The largest absolute Gasteiger partial charge is 0.399 e. The van der Waals surface area contributed by atoms with Crippen LogP contribution < -0.4 is 16.4 Å². The monoisotopic (exact) mass is 419 g/mol. The number of hydrogen-bond acceptors (Lipinski definition) is 3. The van der Waals surface area contributed by atoms with E-state index >= 15 is 0 Å². The molecule has 0 spiro atoms. The zero-order valence-electron chi connectivity index (χ0n) is 16.6. The van der Waals surface area contributed by atoms with Crippen LogP contribution in [0.15, 0.2) is 36.4 Å². The first-order chi connectivity index (χ1) is 13.3. The van der Waals surface area contributed by atoms with Gasteiger partial charge in [0.2, 0.25) is 5.91 Å². The molecule has 0 aromatic heterocycles. The number of nitrogens with two attached hydrogens (primary N) is 1. The van der Waals surface area contributed by atoms with Gasteiger partial charge >= 0.3 is 0 Å². The van der Waals surface area contributed by atoms with Crippen molar-refractivity contribution in [1.82, 2.24) is 5.32 Å². The van der Waals surface area contributed by atoms with E-state index in [0.717, 1.165) is 36.5 Å². The lowest BCUT2D eigenvalue weighted by atomic mass is 9.87. The van der Waals surface area contributed by atoms with Crippen molar-refractivity contribution in [2.24, 2.45) is 5.92 Å². The predicted octanol–water partition coefficient (Wildman–Crippen LogP) is 4.62. The lowest BCUT2D eigenvalue weighted by molar-refractivity contribution is -0.116. The molecular weight excluding hydrogens is 393 g/mol. The van der Waals surface area contributed by atoms with Crippen LogP contribution in [0.5, 0.6) is 0 Å². The van der Waals surface area contributed by atoms with E-state index in [-0.39, 0.29) is 47.4 Å². The van der Waals surface area contributed by atoms with Gasteiger partial charge in [-0.1, -0.05) is 19.9 Å². The maximum atomic E-state index is 14.4. The number of benzene rings is 2. The van der Waals surface area contributed by atoms with E-state index in [1.54, 1.807) is 0 Å². The molecule has 4 N–H and O–H groups in total. The lowest BCUT2D eigenvalue weighted by Crippen LogP contribution is -2.31. The first kappa shape index (κ1) is 22.7. The van der Waals surface area contributed by atoms with Crippen LogP contribution in [0.25, 0.3) is 0 Å². The molecule has 1 unspecified atom stereocenters. The van der Waals surface area contributed by atoms with Crippen molar-refractivity contribution in [2.75, 3.05) is 11.1 Å². The molecule has 156 valence electrons. The maximum Gasteiger partial charge on any atom is 0.251 e. The number of rotatable bonds is 5. The SMILES string of the molecule is CC(C)CC(=O)Nc1ccc(C(=O)NC2CCCc3cc(N)ccc32)cc1F.Cl. The summed E-state index contributed by atoms with van der Waals surface area (Å²) in [5.74, 6) is -1.03. The molecule has 0 radical (unpaired) electrons. The molecule has 1 aliphatic carbocycles. The summed E-state index contributed by atoms with van der Waals surface area (Å²) < 4.78 is 14.4. The fourth-order valence-electron chi connectivity index (χ4n) is 3.56. The van der Waals surface area contributed by atoms with Crippen LogP contribution in [0, 0.1) is 11.7 Å². The van der Waals surface area contributed by atoms with E-state index < -0.39 is 5.82 Å². The van der Waals surface area contributed by atoms with Gasteiger partial charge in [0, 0.05) is 17.7 Å². The number of halogens is 2. The molecule has 29 heavy (non-hydrogen) atoms. The first-order valence-electron chi connectivity index (χ1n) is 9.62. The summed E-state index contributed by atoms with van der Waals surface area (Å²) in [5.41, 5.74) is 9.08. The van der Waals surface area contributed by atoms with Crippen LogP contribution in [-0.4, -0.2) is 11.8 Å². The first-order valence-corrected chi connectivity index (χ1v) is 9.62. The van der Waals surface area contributed by atoms with Gasteiger partial charge in [0.05, 0.1) is 11.7 Å². The minimum atomic E-state index is -0.624. The quantitative estimate of drug-likeness (QED) is 0.618. The van der Waals surface area contributed by atoms with Gasteiger partial charge < -0.3 is 16.4 Å². The van der Waals surface area contributed by atoms with Gasteiger partial charge in [0.15, 0.2) is 0 Å². The number of carbonyl (C=O) groups excluding carboxylic acids is 2. The highest BCUT2D eigenvalue weighted by molar-refractivity contribution is 5.96. The molecule has 1 atom stereocenters. The number of nitrogen functional groups attached to an aromatic ring is 1. The van der Waals surface area contributed by atoms with Crippen LogP contribution in [0.4, 0.5) is 15.8 Å². The Labute approximate surface area is 176 Å². The second-order valence-corrected chi connectivity index (χ2v) is 7.72. The average molecular weight is 420 g/mol. The Kier molecular flexibility index (Phi) is 7.62. The van der Waals surface area contributed by atoms with Gasteiger partial charge in [-0.15, -0.1) is 12.4 Å². The Bertz CT molecular complexity index is 902. The van der Waals surface area contributed by atoms with E-state index in [0.29, 0.717) is 12.1 Å². The Morgan fingerprint density at radius 2 is 1.97 bits per heavy atom. The highest BCUT2D eigenvalue weighted by atomic mass is 35.5. The molecule has 0 saturated heterocycles. The molecule has 7 heteroatoms. The number of fused-ring (bicyclic) bond motifs is 1. The van der Waals surface area contributed by atoms with Crippen molar-refractivity contribution in [1.29, 1.82) is 0 Å². The molecule has 0 aliphatic heterocycles. The van der Waals surface area contributed by atoms with Crippen LogP contribution in [-0.2, 0) is 11.2 Å². The van der Waals surface area contributed by atoms with E-state index in [9.17, 15) is 14.0 Å². The summed E-state index contributed by atoms with van der Waals surface area (Å²) in [7, 11) is 0. The van der Waals surface area contributed by atoms with Crippen molar-refractivity contribution in [2.45, 2.75) is 45.6 Å². The molecule has 2 aromatic carbocycles. The van der Waals surface area contributed by atoms with Gasteiger partial charge in [-0.25, -0.2) is 4.39 Å². The minimum Gasteiger partial charge on any atom is -0.399 e. The van der Waals surface area contributed by atoms with Gasteiger partial charge in [0.1, 0.15) is 5.82 Å². The summed E-state index contributed by atoms with van der Waals surface area (Å²) in [4.78, 5) is 24.5. The highest BCUT2D eigenvalue weighted by Crippen LogP contribution is 2.31. The molecule has 2 amide bonds. The van der Waals surface area contributed by atoms with Crippen LogP contribution in [0.3, 0.4) is 0 Å². The van der Waals surface area contributed by atoms with Gasteiger partial charge in [-0.2, -0.15) is 0 Å². The third-order valence-electron chi connectivity index (χ3n) is 4.89. The fraction of sp³-hybridized carbons (Fsp3) is 0.364. The van der Waals surface area contributed by atoms with Crippen molar-refractivity contribution in [3.63, 3.8) is 0 Å². The van der Waals surface area contributed by atoms with Gasteiger partial charge in [0.25, 0.3) is 5.91 Å². The zero-order valence-corrected chi connectivity index (χ0v) is 17.4. The summed E-state index contributed by atoms with van der Waals surface area (Å²) in [6.45, 7) is 3.84. The van der Waals surface area contributed by atoms with Crippen molar-refractivity contribution in [3.8, 4) is 0 Å². The van der Waals surface area contributed by atoms with Gasteiger partial charge in [-0.3, -0.25) is 9.59 Å². The summed E-state index contributed by atoms with van der Waals surface area (Å²) in [6, 6.07) is 9.72. The molecule has 0 heterocycles. The molecular formula is C22H27ClFN3O2. The molecule has 5 nitrogen and oxygen atoms in total. The smallest absolute Gasteiger partial charge is 0.251 e. The average Bonchev–Trinajstić information content (AvgIpc) is 2.62. The van der Waals surface area contributed by atoms with E-state index in [1.807, 2.05) is 32.0 Å². The van der Waals surface area contributed by atoms with Crippen molar-refractivity contribution < 1.29 is 14.0 Å². The third-order valence-corrected chi connectivity index (χ3v) is 4.89. The second-order valence-electron chi connectivity index (χ2n) is 7.72. The van der Waals surface area contributed by atoms with E-state index in [1.165, 1.54) is 12.1 Å². The predicted molar refractivity (Wildman–Crippen MR) is 116 cm³/mol. The fourth-order valence-corrected chi connectivity index (χ4v) is 3.56. The second kappa shape index (κ2) is 9.74. The Balaban J connectivity index is 0.00000300. The Morgan fingerprint density at radius 3 is 2.66 bits per heavy atom. The number of hydrogen-bond donors (Lipinski definition) is 3.